The summed E-state index contributed by atoms with van der Waals surface area (Å²) in [4.78, 5) is 38.1. The molecule has 0 heterocycles. The fourth-order valence-electron chi connectivity index (χ4n) is 7.09. The Labute approximate surface area is 176 Å². The summed E-state index contributed by atoms with van der Waals surface area (Å²) in [5.74, 6) is -1.05. The summed E-state index contributed by atoms with van der Waals surface area (Å²) < 4.78 is 34.7. The van der Waals surface area contributed by atoms with Crippen molar-refractivity contribution in [1.82, 2.24) is 0 Å². The zero-order valence-corrected chi connectivity index (χ0v) is 18.0. The van der Waals surface area contributed by atoms with Crippen LogP contribution in [0.5, 0.6) is 0 Å². The van der Waals surface area contributed by atoms with Crippen LogP contribution in [0, 0.1) is 28.6 Å². The lowest BCUT2D eigenvalue weighted by atomic mass is 9.46. The Bertz CT molecular complexity index is 952. The van der Waals surface area contributed by atoms with Gasteiger partial charge in [-0.25, -0.2) is 4.18 Å². The van der Waals surface area contributed by atoms with Crippen LogP contribution in [-0.4, -0.2) is 47.6 Å². The first-order chi connectivity index (χ1) is 13.8. The van der Waals surface area contributed by atoms with Crippen LogP contribution in [-0.2, 0) is 29.0 Å². The first-order valence-electron chi connectivity index (χ1n) is 10.5. The van der Waals surface area contributed by atoms with Gasteiger partial charge in [-0.2, -0.15) is 8.42 Å². The summed E-state index contributed by atoms with van der Waals surface area (Å²) in [6.07, 6.45) is 4.90. The number of carbonyl (C=O) groups excluding carboxylic acids is 3. The van der Waals surface area contributed by atoms with Crippen LogP contribution in [0.4, 0.5) is 0 Å². The molecule has 0 radical (unpaired) electrons. The molecule has 0 aromatic carbocycles. The van der Waals surface area contributed by atoms with Crippen molar-refractivity contribution in [3.8, 4) is 0 Å². The van der Waals surface area contributed by atoms with Crippen molar-refractivity contribution in [2.24, 2.45) is 28.6 Å². The number of hydrogen-bond donors (Lipinski definition) is 2. The van der Waals surface area contributed by atoms with Crippen LogP contribution >= 0.6 is 0 Å². The minimum atomic E-state index is -4.81. The Morgan fingerprint density at radius 2 is 1.90 bits per heavy atom. The summed E-state index contributed by atoms with van der Waals surface area (Å²) >= 11 is 0. The predicted molar refractivity (Wildman–Crippen MR) is 105 cm³/mol. The summed E-state index contributed by atoms with van der Waals surface area (Å²) in [5, 5.41) is 11.3. The number of allylic oxidation sites excluding steroid dienone is 1. The van der Waals surface area contributed by atoms with E-state index >= 15 is 0 Å². The molecular formula is C21H28O8S. The summed E-state index contributed by atoms with van der Waals surface area (Å²) in [6.45, 7) is 2.84. The van der Waals surface area contributed by atoms with E-state index in [-0.39, 0.29) is 47.6 Å². The number of aliphatic hydroxyl groups is 1. The molecule has 6 atom stereocenters. The maximum absolute atomic E-state index is 13.4. The monoisotopic (exact) mass is 440 g/mol. The first kappa shape index (κ1) is 21.8. The third-order valence-corrected chi connectivity index (χ3v) is 9.02. The van der Waals surface area contributed by atoms with Crippen LogP contribution in [0.15, 0.2) is 11.6 Å². The quantitative estimate of drug-likeness (QED) is 0.632. The average Bonchev–Trinajstić information content (AvgIpc) is 2.91. The van der Waals surface area contributed by atoms with Crippen molar-refractivity contribution in [1.29, 1.82) is 0 Å². The van der Waals surface area contributed by atoms with Gasteiger partial charge in [-0.15, -0.1) is 0 Å². The van der Waals surface area contributed by atoms with Gasteiger partial charge in [0, 0.05) is 24.2 Å². The summed E-state index contributed by atoms with van der Waals surface area (Å²) in [6, 6.07) is 0. The van der Waals surface area contributed by atoms with Crippen molar-refractivity contribution in [2.45, 2.75) is 64.4 Å². The van der Waals surface area contributed by atoms with Crippen molar-refractivity contribution >= 4 is 27.7 Å². The molecule has 0 aromatic rings. The van der Waals surface area contributed by atoms with Crippen LogP contribution in [0.25, 0.3) is 0 Å². The number of rotatable bonds is 4. The molecule has 0 unspecified atom stereocenters. The molecule has 8 nitrogen and oxygen atoms in total. The summed E-state index contributed by atoms with van der Waals surface area (Å²) in [5.41, 5.74) is -2.23. The number of Topliss-reactive ketones (excluding diaryl/α,β-unsaturated/α-hetero) is 2. The van der Waals surface area contributed by atoms with E-state index in [0.717, 1.165) is 18.4 Å². The largest absolute Gasteiger partial charge is 0.397 e. The minimum Gasteiger partial charge on any atom is -0.381 e. The van der Waals surface area contributed by atoms with Crippen LogP contribution < -0.4 is 0 Å². The molecule has 0 amide bonds. The van der Waals surface area contributed by atoms with E-state index in [4.69, 9.17) is 4.55 Å². The maximum atomic E-state index is 13.4. The van der Waals surface area contributed by atoms with Gasteiger partial charge >= 0.3 is 10.4 Å². The van der Waals surface area contributed by atoms with Gasteiger partial charge in [0.25, 0.3) is 0 Å². The smallest absolute Gasteiger partial charge is 0.381 e. The van der Waals surface area contributed by atoms with E-state index < -0.39 is 33.8 Å². The molecule has 0 spiro atoms. The van der Waals surface area contributed by atoms with Gasteiger partial charge in [-0.05, 0) is 55.4 Å². The standard InChI is InChI=1S/C21H28O8S/c1-19-7-5-13(22)9-12(19)3-4-14-15-6-8-21(25,17(24)11-29-30(26,27)28)20(15,2)10-16(23)18(14)19/h9,14-15,18,25H,3-8,10-11H2,1-2H3,(H,26,27,28)/t14-,15+,18-,19-,20-,21-/m0/s1. The topological polar surface area (TPSA) is 135 Å². The van der Waals surface area contributed by atoms with Gasteiger partial charge in [-0.3, -0.25) is 18.9 Å². The average molecular weight is 441 g/mol. The third-order valence-electron chi connectivity index (χ3n) is 8.61. The van der Waals surface area contributed by atoms with Crippen molar-refractivity contribution in [2.75, 3.05) is 6.61 Å². The second-order valence-corrected chi connectivity index (χ2v) is 11.0. The molecule has 0 aliphatic heterocycles. The normalized spacial score (nSPS) is 43.5. The molecule has 3 saturated carbocycles. The molecule has 0 aromatic heterocycles. The predicted octanol–water partition coefficient (Wildman–Crippen LogP) is 1.82. The molecule has 4 aliphatic carbocycles. The van der Waals surface area contributed by atoms with Gasteiger partial charge in [0.05, 0.1) is 0 Å². The molecule has 30 heavy (non-hydrogen) atoms. The molecule has 0 bridgehead atoms. The second-order valence-electron chi connectivity index (χ2n) is 9.91. The molecule has 9 heteroatoms. The van der Waals surface area contributed by atoms with Crippen molar-refractivity contribution in [3.63, 3.8) is 0 Å². The van der Waals surface area contributed by atoms with Crippen molar-refractivity contribution < 1.29 is 36.6 Å². The Hall–Kier alpha value is -1.42. The van der Waals surface area contributed by atoms with Crippen molar-refractivity contribution in [3.05, 3.63) is 11.6 Å². The lowest BCUT2D eigenvalue weighted by molar-refractivity contribution is -0.170. The Balaban J connectivity index is 1.66. The van der Waals surface area contributed by atoms with E-state index in [2.05, 4.69) is 11.1 Å². The number of fused-ring (bicyclic) bond motifs is 5. The fourth-order valence-corrected chi connectivity index (χ4v) is 7.35. The number of hydrogen-bond acceptors (Lipinski definition) is 7. The molecule has 3 fully saturated rings. The Morgan fingerprint density at radius 1 is 1.20 bits per heavy atom. The lowest BCUT2D eigenvalue weighted by Crippen LogP contribution is -2.61. The molecule has 166 valence electrons. The Kier molecular flexibility index (Phi) is 4.93. The van der Waals surface area contributed by atoms with Gasteiger partial charge in [0.1, 0.15) is 18.0 Å². The van der Waals surface area contributed by atoms with E-state index in [0.29, 0.717) is 19.3 Å². The van der Waals surface area contributed by atoms with Gasteiger partial charge in [0.2, 0.25) is 0 Å². The third kappa shape index (κ3) is 3.04. The molecule has 0 saturated heterocycles. The lowest BCUT2D eigenvalue weighted by Gasteiger charge is -2.57. The van der Waals surface area contributed by atoms with Gasteiger partial charge in [-0.1, -0.05) is 19.4 Å². The zero-order valence-electron chi connectivity index (χ0n) is 17.2. The van der Waals surface area contributed by atoms with E-state index in [1.165, 1.54) is 0 Å². The zero-order chi connectivity index (χ0) is 22.1. The highest BCUT2D eigenvalue weighted by Crippen LogP contribution is 2.66. The fraction of sp³-hybridized carbons (Fsp3) is 0.762. The van der Waals surface area contributed by atoms with Crippen LogP contribution in [0.1, 0.15) is 58.8 Å². The van der Waals surface area contributed by atoms with Crippen LogP contribution in [0.2, 0.25) is 0 Å². The van der Waals surface area contributed by atoms with E-state index in [1.807, 2.05) is 0 Å². The second kappa shape index (κ2) is 6.79. The molecule has 4 aliphatic rings. The highest BCUT2D eigenvalue weighted by Gasteiger charge is 2.68. The highest BCUT2D eigenvalue weighted by atomic mass is 32.3. The summed E-state index contributed by atoms with van der Waals surface area (Å²) in [7, 11) is -4.81. The van der Waals surface area contributed by atoms with E-state index in [1.54, 1.807) is 13.0 Å². The first-order valence-corrected chi connectivity index (χ1v) is 11.8. The maximum Gasteiger partial charge on any atom is 0.397 e. The number of carbonyl (C=O) groups is 3. The number of ketones is 3. The minimum absolute atomic E-state index is 0.00378. The molecular weight excluding hydrogens is 412 g/mol. The van der Waals surface area contributed by atoms with Gasteiger partial charge in [0.15, 0.2) is 11.6 Å². The highest BCUT2D eigenvalue weighted by molar-refractivity contribution is 7.80. The Morgan fingerprint density at radius 3 is 2.57 bits per heavy atom. The molecule has 4 rings (SSSR count). The van der Waals surface area contributed by atoms with Crippen LogP contribution in [0.3, 0.4) is 0 Å². The molecule has 2 N–H and O–H groups in total. The van der Waals surface area contributed by atoms with E-state index in [9.17, 15) is 27.9 Å². The SMILES string of the molecule is C[C@]12CCC(=O)C=C1CC[C@@H]1[C@H]2C(=O)C[C@@]2(C)[C@@H]1CC[C@]2(O)C(=O)COS(=O)(=O)O. The van der Waals surface area contributed by atoms with Gasteiger partial charge < -0.3 is 5.11 Å².